The van der Waals surface area contributed by atoms with Crippen molar-refractivity contribution >= 4 is 16.8 Å². The molecule has 1 heterocycles. The molecule has 4 aliphatic carbocycles. The third kappa shape index (κ3) is 4.11. The highest BCUT2D eigenvalue weighted by Gasteiger charge is 2.63. The van der Waals surface area contributed by atoms with Crippen LogP contribution in [0.2, 0.25) is 0 Å². The van der Waals surface area contributed by atoms with Gasteiger partial charge in [-0.05, 0) is 111 Å². The first kappa shape index (κ1) is 27.0. The summed E-state index contributed by atoms with van der Waals surface area (Å²) in [5.41, 5.74) is 1.05. The molecule has 0 spiro atoms. The quantitative estimate of drug-likeness (QED) is 0.526. The van der Waals surface area contributed by atoms with Gasteiger partial charge in [0.05, 0.1) is 31.9 Å². The second-order valence-corrected chi connectivity index (χ2v) is 13.6. The first-order valence-corrected chi connectivity index (χ1v) is 14.9. The molecule has 0 saturated heterocycles. The average molecular weight is 540 g/mol. The van der Waals surface area contributed by atoms with Gasteiger partial charge in [-0.15, -0.1) is 5.10 Å². The maximum Gasteiger partial charge on any atom is 0.190 e. The molecule has 8 unspecified atom stereocenters. The molecule has 214 valence electrons. The van der Waals surface area contributed by atoms with Crippen LogP contribution in [0.1, 0.15) is 71.6 Å². The number of aromatic nitrogens is 3. The number of benzene rings is 1. The van der Waals surface area contributed by atoms with E-state index in [2.05, 4.69) is 17.2 Å². The van der Waals surface area contributed by atoms with Gasteiger partial charge in [-0.3, -0.25) is 4.79 Å². The smallest absolute Gasteiger partial charge is 0.190 e. The van der Waals surface area contributed by atoms with Gasteiger partial charge in [0.15, 0.2) is 22.8 Å². The Hall–Kier alpha value is -2.19. The average Bonchev–Trinajstić information content (AvgIpc) is 3.48. The van der Waals surface area contributed by atoms with Crippen molar-refractivity contribution in [2.75, 3.05) is 27.9 Å². The van der Waals surface area contributed by atoms with E-state index in [1.807, 2.05) is 26.2 Å². The van der Waals surface area contributed by atoms with Crippen molar-refractivity contribution in [2.24, 2.45) is 40.4 Å². The monoisotopic (exact) mass is 539 g/mol. The maximum atomic E-state index is 13.9. The SMILES string of the molecule is COCC12CCC(C)(O)CC1CCC1C3CCC(C(=O)Cn4nnc5c(OC)c(OC)ccc54)C3(C)CCC12. The van der Waals surface area contributed by atoms with Crippen LogP contribution in [0, 0.1) is 40.4 Å². The van der Waals surface area contributed by atoms with Crippen molar-refractivity contribution < 1.29 is 24.1 Å². The number of hydrogen-bond donors (Lipinski definition) is 1. The Labute approximate surface area is 231 Å². The predicted molar refractivity (Wildman–Crippen MR) is 148 cm³/mol. The Morgan fingerprint density at radius 3 is 2.59 bits per heavy atom. The number of carbonyl (C=O) groups excluding carboxylic acids is 1. The van der Waals surface area contributed by atoms with Crippen LogP contribution in [0.25, 0.3) is 11.0 Å². The molecule has 8 heteroatoms. The van der Waals surface area contributed by atoms with Gasteiger partial charge in [0.25, 0.3) is 0 Å². The number of carbonyl (C=O) groups is 1. The fourth-order valence-electron chi connectivity index (χ4n) is 10.0. The Morgan fingerprint density at radius 1 is 1.03 bits per heavy atom. The summed E-state index contributed by atoms with van der Waals surface area (Å²) in [5.74, 6) is 3.83. The van der Waals surface area contributed by atoms with Gasteiger partial charge in [0.2, 0.25) is 0 Å². The van der Waals surface area contributed by atoms with Crippen molar-refractivity contribution in [2.45, 2.75) is 83.8 Å². The topological polar surface area (TPSA) is 95.7 Å². The van der Waals surface area contributed by atoms with Crippen LogP contribution in [-0.2, 0) is 16.1 Å². The lowest BCUT2D eigenvalue weighted by Gasteiger charge is -2.62. The number of rotatable bonds is 7. The van der Waals surface area contributed by atoms with E-state index in [4.69, 9.17) is 14.2 Å². The van der Waals surface area contributed by atoms with Gasteiger partial charge in [-0.2, -0.15) is 0 Å². The van der Waals surface area contributed by atoms with Crippen LogP contribution >= 0.6 is 0 Å². The molecule has 0 aliphatic heterocycles. The van der Waals surface area contributed by atoms with Crippen LogP contribution in [0.4, 0.5) is 0 Å². The number of methoxy groups -OCH3 is 3. The van der Waals surface area contributed by atoms with E-state index < -0.39 is 5.60 Å². The Bertz CT molecular complexity index is 1240. The van der Waals surface area contributed by atoms with E-state index in [1.54, 1.807) is 18.9 Å². The summed E-state index contributed by atoms with van der Waals surface area (Å²) in [7, 11) is 5.04. The third-order valence-electron chi connectivity index (χ3n) is 11.8. The largest absolute Gasteiger partial charge is 0.493 e. The second kappa shape index (κ2) is 9.72. The van der Waals surface area contributed by atoms with Crippen LogP contribution in [0.3, 0.4) is 0 Å². The number of Topliss-reactive ketones (excluding diaryl/α,β-unsaturated/α-hetero) is 1. The lowest BCUT2D eigenvalue weighted by atomic mass is 9.43. The van der Waals surface area contributed by atoms with Gasteiger partial charge in [0, 0.05) is 13.0 Å². The molecule has 0 bridgehead atoms. The van der Waals surface area contributed by atoms with Crippen LogP contribution in [0.15, 0.2) is 12.1 Å². The number of nitrogens with zero attached hydrogens (tertiary/aromatic N) is 3. The molecule has 0 radical (unpaired) electrons. The van der Waals surface area contributed by atoms with Gasteiger partial charge in [0.1, 0.15) is 6.54 Å². The lowest BCUT2D eigenvalue weighted by Crippen LogP contribution is -2.58. The standard InChI is InChI=1S/C31H45N3O5/c1-29(36)14-15-31(18-37-3)19(16-29)6-7-20-21-8-9-23(30(21,2)13-12-22(20)31)25(35)17-34-24-10-11-26(38-4)28(39-5)27(24)32-33-34/h10-11,19-23,36H,6-9,12-18H2,1-5H3. The minimum Gasteiger partial charge on any atom is -0.493 e. The summed E-state index contributed by atoms with van der Waals surface area (Å²) in [4.78, 5) is 13.9. The number of ketones is 1. The van der Waals surface area contributed by atoms with E-state index in [1.165, 1.54) is 12.8 Å². The summed E-state index contributed by atoms with van der Waals surface area (Å²) >= 11 is 0. The third-order valence-corrected chi connectivity index (χ3v) is 11.8. The van der Waals surface area contributed by atoms with E-state index in [0.29, 0.717) is 40.7 Å². The molecule has 4 fully saturated rings. The molecule has 4 aliphatic rings. The molecular weight excluding hydrogens is 494 g/mol. The summed E-state index contributed by atoms with van der Waals surface area (Å²) < 4.78 is 18.6. The molecule has 1 aromatic carbocycles. The van der Waals surface area contributed by atoms with Crippen molar-refractivity contribution in [3.05, 3.63) is 12.1 Å². The minimum atomic E-state index is -0.552. The minimum absolute atomic E-state index is 0.0246. The van der Waals surface area contributed by atoms with E-state index in [0.717, 1.165) is 57.1 Å². The second-order valence-electron chi connectivity index (χ2n) is 13.6. The van der Waals surface area contributed by atoms with E-state index in [-0.39, 0.29) is 29.1 Å². The van der Waals surface area contributed by atoms with Crippen molar-refractivity contribution in [1.82, 2.24) is 15.0 Å². The van der Waals surface area contributed by atoms with Crippen LogP contribution in [0.5, 0.6) is 11.5 Å². The molecule has 39 heavy (non-hydrogen) atoms. The fourth-order valence-corrected chi connectivity index (χ4v) is 10.0. The van der Waals surface area contributed by atoms with Crippen molar-refractivity contribution in [3.8, 4) is 11.5 Å². The zero-order chi connectivity index (χ0) is 27.6. The normalized spacial score (nSPS) is 39.6. The predicted octanol–water partition coefficient (Wildman–Crippen LogP) is 5.05. The number of fused-ring (bicyclic) bond motifs is 6. The zero-order valence-electron chi connectivity index (χ0n) is 24.2. The zero-order valence-corrected chi connectivity index (χ0v) is 24.2. The summed E-state index contributed by atoms with van der Waals surface area (Å²) in [6.07, 6.45) is 9.53. The van der Waals surface area contributed by atoms with Crippen molar-refractivity contribution in [3.63, 3.8) is 0 Å². The first-order chi connectivity index (χ1) is 18.7. The Kier molecular flexibility index (Phi) is 6.73. The van der Waals surface area contributed by atoms with Gasteiger partial charge in [-0.1, -0.05) is 12.1 Å². The molecular formula is C31H45N3O5. The Morgan fingerprint density at radius 2 is 1.85 bits per heavy atom. The van der Waals surface area contributed by atoms with Gasteiger partial charge >= 0.3 is 0 Å². The molecule has 6 rings (SSSR count). The lowest BCUT2D eigenvalue weighted by molar-refractivity contribution is -0.175. The van der Waals surface area contributed by atoms with E-state index >= 15 is 0 Å². The molecule has 1 aromatic heterocycles. The highest BCUT2D eigenvalue weighted by Crippen LogP contribution is 2.68. The molecule has 4 saturated carbocycles. The highest BCUT2D eigenvalue weighted by atomic mass is 16.5. The molecule has 8 atom stereocenters. The first-order valence-electron chi connectivity index (χ1n) is 14.9. The number of hydrogen-bond acceptors (Lipinski definition) is 7. The van der Waals surface area contributed by atoms with Crippen molar-refractivity contribution in [1.29, 1.82) is 0 Å². The summed E-state index contributed by atoms with van der Waals surface area (Å²) in [5, 5.41) is 19.6. The summed E-state index contributed by atoms with van der Waals surface area (Å²) in [6, 6.07) is 3.75. The molecule has 8 nitrogen and oxygen atoms in total. The fraction of sp³-hybridized carbons (Fsp3) is 0.774. The van der Waals surface area contributed by atoms with Crippen LogP contribution < -0.4 is 9.47 Å². The summed E-state index contributed by atoms with van der Waals surface area (Å²) in [6.45, 7) is 5.45. The van der Waals surface area contributed by atoms with Crippen LogP contribution in [-0.4, -0.2) is 59.4 Å². The van der Waals surface area contributed by atoms with Gasteiger partial charge in [-0.25, -0.2) is 4.68 Å². The van der Waals surface area contributed by atoms with E-state index in [9.17, 15) is 9.90 Å². The molecule has 0 amide bonds. The number of aliphatic hydroxyl groups is 1. The molecule has 2 aromatic rings. The van der Waals surface area contributed by atoms with Gasteiger partial charge < -0.3 is 19.3 Å². The molecule has 1 N–H and O–H groups in total. The number of ether oxygens (including phenoxy) is 3. The maximum absolute atomic E-state index is 13.9. The highest BCUT2D eigenvalue weighted by molar-refractivity contribution is 5.87. The Balaban J connectivity index is 1.23.